The smallest absolute Gasteiger partial charge is 0.291 e. The summed E-state index contributed by atoms with van der Waals surface area (Å²) < 4.78 is 14.0. The molecule has 0 aliphatic carbocycles. The van der Waals surface area contributed by atoms with Crippen LogP contribution in [0.3, 0.4) is 0 Å². The molecule has 5 nitrogen and oxygen atoms in total. The Morgan fingerprint density at radius 2 is 2.00 bits per heavy atom. The third-order valence-electron chi connectivity index (χ3n) is 3.62. The highest BCUT2D eigenvalue weighted by Gasteiger charge is 2.18. The van der Waals surface area contributed by atoms with Crippen molar-refractivity contribution in [2.75, 3.05) is 5.32 Å². The van der Waals surface area contributed by atoms with Crippen molar-refractivity contribution in [2.45, 2.75) is 6.92 Å². The van der Waals surface area contributed by atoms with Crippen LogP contribution in [0.5, 0.6) is 0 Å². The molecular weight excluding hydrogens is 334 g/mol. The fourth-order valence-electron chi connectivity index (χ4n) is 2.46. The van der Waals surface area contributed by atoms with E-state index in [2.05, 4.69) is 14.1 Å². The fraction of sp³-hybridized carbons (Fsp3) is 0.0625. The zero-order chi connectivity index (χ0) is 16.0. The minimum absolute atomic E-state index is 0.277. The van der Waals surface area contributed by atoms with Gasteiger partial charge < -0.3 is 9.73 Å². The Balaban J connectivity index is 1.69. The molecule has 0 atom stereocenters. The average molecular weight is 344 g/mol. The quantitative estimate of drug-likeness (QED) is 0.575. The van der Waals surface area contributed by atoms with E-state index in [4.69, 9.17) is 16.0 Å². The minimum Gasteiger partial charge on any atom is -0.451 e. The zero-order valence-electron chi connectivity index (χ0n) is 12.0. The largest absolute Gasteiger partial charge is 0.451 e. The Morgan fingerprint density at radius 1 is 1.17 bits per heavy atom. The van der Waals surface area contributed by atoms with E-state index in [0.717, 1.165) is 33.7 Å². The highest BCUT2D eigenvalue weighted by molar-refractivity contribution is 7.00. The van der Waals surface area contributed by atoms with Crippen molar-refractivity contribution in [2.24, 2.45) is 0 Å². The molecule has 4 aromatic rings. The monoisotopic (exact) mass is 343 g/mol. The first-order chi connectivity index (χ1) is 11.1. The molecule has 0 aliphatic rings. The minimum atomic E-state index is -0.308. The van der Waals surface area contributed by atoms with Crippen molar-refractivity contribution < 1.29 is 9.21 Å². The Morgan fingerprint density at radius 3 is 2.87 bits per heavy atom. The number of amides is 1. The van der Waals surface area contributed by atoms with E-state index < -0.39 is 0 Å². The van der Waals surface area contributed by atoms with E-state index >= 15 is 0 Å². The SMILES string of the molecule is Cc1c(C(=O)Nc2ccc3nsnc3c2)oc2ccc(Cl)cc12. The molecule has 0 aliphatic heterocycles. The van der Waals surface area contributed by atoms with Crippen LogP contribution in [0, 0.1) is 6.92 Å². The van der Waals surface area contributed by atoms with E-state index in [1.165, 1.54) is 0 Å². The van der Waals surface area contributed by atoms with Gasteiger partial charge in [0.15, 0.2) is 5.76 Å². The zero-order valence-corrected chi connectivity index (χ0v) is 13.5. The molecule has 0 unspecified atom stereocenters. The predicted octanol–water partition coefficient (Wildman–Crippen LogP) is 4.65. The second-order valence-electron chi connectivity index (χ2n) is 5.12. The van der Waals surface area contributed by atoms with E-state index in [9.17, 15) is 4.79 Å². The number of nitrogens with one attached hydrogen (secondary N) is 1. The van der Waals surface area contributed by atoms with Gasteiger partial charge in [0.05, 0.1) is 11.7 Å². The first kappa shape index (κ1) is 14.2. The van der Waals surface area contributed by atoms with Crippen LogP contribution in [0.25, 0.3) is 22.0 Å². The Kier molecular flexibility index (Phi) is 3.28. The molecule has 1 amide bonds. The van der Waals surface area contributed by atoms with Crippen molar-refractivity contribution in [3.63, 3.8) is 0 Å². The van der Waals surface area contributed by atoms with Crippen LogP contribution in [0.2, 0.25) is 5.02 Å². The van der Waals surface area contributed by atoms with Crippen LogP contribution in [0.1, 0.15) is 16.1 Å². The lowest BCUT2D eigenvalue weighted by Crippen LogP contribution is -2.12. The van der Waals surface area contributed by atoms with Crippen LogP contribution < -0.4 is 5.32 Å². The molecule has 4 rings (SSSR count). The number of aryl methyl sites for hydroxylation is 1. The van der Waals surface area contributed by atoms with E-state index in [-0.39, 0.29) is 11.7 Å². The van der Waals surface area contributed by atoms with Gasteiger partial charge in [-0.25, -0.2) is 0 Å². The summed E-state index contributed by atoms with van der Waals surface area (Å²) in [5, 5.41) is 4.27. The molecule has 2 aromatic carbocycles. The lowest BCUT2D eigenvalue weighted by Gasteiger charge is -2.03. The molecule has 0 saturated carbocycles. The summed E-state index contributed by atoms with van der Waals surface area (Å²) >= 11 is 7.14. The fourth-order valence-corrected chi connectivity index (χ4v) is 3.15. The molecule has 0 spiro atoms. The third-order valence-corrected chi connectivity index (χ3v) is 4.41. The summed E-state index contributed by atoms with van der Waals surface area (Å²) in [5.41, 5.74) is 3.60. The average Bonchev–Trinajstić information content (AvgIpc) is 3.12. The lowest BCUT2D eigenvalue weighted by atomic mass is 10.1. The Hall–Kier alpha value is -2.44. The number of hydrogen-bond donors (Lipinski definition) is 1. The second kappa shape index (κ2) is 5.33. The summed E-state index contributed by atoms with van der Waals surface area (Å²) in [6, 6.07) is 10.7. The number of rotatable bonds is 2. The molecule has 0 bridgehead atoms. The number of halogens is 1. The highest BCUT2D eigenvalue weighted by atomic mass is 35.5. The van der Waals surface area contributed by atoms with Gasteiger partial charge in [-0.15, -0.1) is 0 Å². The molecule has 2 heterocycles. The van der Waals surface area contributed by atoms with E-state index in [1.54, 1.807) is 30.3 Å². The summed E-state index contributed by atoms with van der Waals surface area (Å²) in [5.74, 6) is -0.0314. The van der Waals surface area contributed by atoms with Crippen molar-refractivity contribution in [1.29, 1.82) is 0 Å². The maximum Gasteiger partial charge on any atom is 0.291 e. The van der Waals surface area contributed by atoms with Crippen LogP contribution in [-0.2, 0) is 0 Å². The molecule has 7 heteroatoms. The summed E-state index contributed by atoms with van der Waals surface area (Å²) in [6.45, 7) is 1.84. The second-order valence-corrected chi connectivity index (χ2v) is 6.08. The summed E-state index contributed by atoms with van der Waals surface area (Å²) in [4.78, 5) is 12.5. The van der Waals surface area contributed by atoms with Crippen LogP contribution in [-0.4, -0.2) is 14.7 Å². The molecule has 1 N–H and O–H groups in total. The van der Waals surface area contributed by atoms with Crippen molar-refractivity contribution in [3.05, 3.63) is 52.7 Å². The number of benzene rings is 2. The van der Waals surface area contributed by atoms with Crippen molar-refractivity contribution in [1.82, 2.24) is 8.75 Å². The predicted molar refractivity (Wildman–Crippen MR) is 91.3 cm³/mol. The van der Waals surface area contributed by atoms with Gasteiger partial charge in [-0.05, 0) is 43.3 Å². The number of aromatic nitrogens is 2. The van der Waals surface area contributed by atoms with Gasteiger partial charge in [0.2, 0.25) is 0 Å². The van der Waals surface area contributed by atoms with Crippen LogP contribution in [0.15, 0.2) is 40.8 Å². The summed E-state index contributed by atoms with van der Waals surface area (Å²) in [7, 11) is 0. The molecule has 2 aromatic heterocycles. The Bertz CT molecular complexity index is 1050. The molecule has 0 radical (unpaired) electrons. The van der Waals surface area contributed by atoms with Gasteiger partial charge in [-0.1, -0.05) is 11.6 Å². The Labute approximate surface area is 140 Å². The number of fused-ring (bicyclic) bond motifs is 2. The number of nitrogens with zero attached hydrogens (tertiary/aromatic N) is 2. The van der Waals surface area contributed by atoms with E-state index in [0.29, 0.717) is 16.3 Å². The number of furan rings is 1. The maximum atomic E-state index is 12.5. The highest BCUT2D eigenvalue weighted by Crippen LogP contribution is 2.28. The molecule has 0 fully saturated rings. The first-order valence-corrected chi connectivity index (χ1v) is 7.95. The number of anilines is 1. The third kappa shape index (κ3) is 2.46. The molecule has 114 valence electrons. The standard InChI is InChI=1S/C16H10ClN3O2S/c1-8-11-6-9(17)2-5-14(11)22-15(8)16(21)18-10-3-4-12-13(7-10)20-23-19-12/h2-7H,1H3,(H,18,21). The van der Waals surface area contributed by atoms with Gasteiger partial charge in [-0.2, -0.15) is 8.75 Å². The van der Waals surface area contributed by atoms with Crippen molar-refractivity contribution in [3.8, 4) is 0 Å². The first-order valence-electron chi connectivity index (χ1n) is 6.84. The van der Waals surface area contributed by atoms with Gasteiger partial charge in [0.1, 0.15) is 16.6 Å². The van der Waals surface area contributed by atoms with Gasteiger partial charge in [0.25, 0.3) is 5.91 Å². The van der Waals surface area contributed by atoms with Gasteiger partial charge in [-0.3, -0.25) is 4.79 Å². The van der Waals surface area contributed by atoms with Crippen LogP contribution in [0.4, 0.5) is 5.69 Å². The molecular formula is C16H10ClN3O2S. The topological polar surface area (TPSA) is 68.0 Å². The van der Waals surface area contributed by atoms with E-state index in [1.807, 2.05) is 13.0 Å². The molecule has 0 saturated heterocycles. The van der Waals surface area contributed by atoms with Crippen LogP contribution >= 0.6 is 23.3 Å². The lowest BCUT2D eigenvalue weighted by molar-refractivity contribution is 0.0998. The van der Waals surface area contributed by atoms with Gasteiger partial charge >= 0.3 is 0 Å². The normalized spacial score (nSPS) is 11.2. The maximum absolute atomic E-state index is 12.5. The van der Waals surface area contributed by atoms with Crippen molar-refractivity contribution >= 4 is 56.9 Å². The summed E-state index contributed by atoms with van der Waals surface area (Å²) in [6.07, 6.45) is 0. The number of carbonyl (C=O) groups excluding carboxylic acids is 1. The number of hydrogen-bond acceptors (Lipinski definition) is 5. The van der Waals surface area contributed by atoms with Gasteiger partial charge in [0, 0.05) is 21.7 Å². The number of carbonyl (C=O) groups is 1. The molecule has 23 heavy (non-hydrogen) atoms.